The molecule has 0 aromatic rings. The summed E-state index contributed by atoms with van der Waals surface area (Å²) in [5.74, 6) is 0.477. The fraction of sp³-hybridized carbons (Fsp3) is 0.900. The fourth-order valence-electron chi connectivity index (χ4n) is 2.11. The van der Waals surface area contributed by atoms with Gasteiger partial charge in [-0.05, 0) is 39.2 Å². The molecule has 2 N–H and O–H groups in total. The van der Waals surface area contributed by atoms with E-state index in [9.17, 15) is 4.79 Å². The molecule has 1 unspecified atom stereocenters. The first-order valence-corrected chi connectivity index (χ1v) is 5.22. The zero-order chi connectivity index (χ0) is 9.31. The number of carbonyl (C=O) groups is 1. The van der Waals surface area contributed by atoms with Crippen molar-refractivity contribution in [1.29, 1.82) is 0 Å². The van der Waals surface area contributed by atoms with Crippen LogP contribution in [0.4, 0.5) is 0 Å². The lowest BCUT2D eigenvalue weighted by Crippen LogP contribution is -2.52. The minimum absolute atomic E-state index is 0.125. The Morgan fingerprint density at radius 2 is 2.31 bits per heavy atom. The van der Waals surface area contributed by atoms with Crippen LogP contribution in [0.3, 0.4) is 0 Å². The molecule has 1 amide bonds. The normalized spacial score (nSPS) is 31.0. The summed E-state index contributed by atoms with van der Waals surface area (Å²) in [4.78, 5) is 11.7. The average Bonchev–Trinajstić information content (AvgIpc) is 2.53. The number of hydrogen-bond acceptors (Lipinski definition) is 2. The van der Waals surface area contributed by atoms with Crippen LogP contribution in [0.1, 0.15) is 32.6 Å². The lowest BCUT2D eigenvalue weighted by molar-refractivity contribution is -0.127. The zero-order valence-electron chi connectivity index (χ0n) is 8.23. The first kappa shape index (κ1) is 9.00. The summed E-state index contributed by atoms with van der Waals surface area (Å²) in [6.07, 6.45) is 4.57. The van der Waals surface area contributed by atoms with Gasteiger partial charge in [-0.2, -0.15) is 0 Å². The van der Waals surface area contributed by atoms with Crippen molar-refractivity contribution in [3.8, 4) is 0 Å². The Morgan fingerprint density at radius 1 is 1.54 bits per heavy atom. The molecule has 0 spiro atoms. The van der Waals surface area contributed by atoms with Crippen molar-refractivity contribution in [3.05, 3.63) is 0 Å². The van der Waals surface area contributed by atoms with E-state index in [4.69, 9.17) is 0 Å². The summed E-state index contributed by atoms with van der Waals surface area (Å²) in [5, 5.41) is 6.37. The van der Waals surface area contributed by atoms with Gasteiger partial charge < -0.3 is 10.6 Å². The van der Waals surface area contributed by atoms with Gasteiger partial charge in [0.25, 0.3) is 0 Å². The van der Waals surface area contributed by atoms with E-state index in [1.165, 1.54) is 6.42 Å². The van der Waals surface area contributed by atoms with Gasteiger partial charge in [-0.3, -0.25) is 4.79 Å². The van der Waals surface area contributed by atoms with Gasteiger partial charge in [-0.15, -0.1) is 0 Å². The topological polar surface area (TPSA) is 41.1 Å². The third-order valence-corrected chi connectivity index (χ3v) is 3.31. The van der Waals surface area contributed by atoms with Crippen LogP contribution in [0, 0.1) is 5.92 Å². The van der Waals surface area contributed by atoms with Gasteiger partial charge in [0, 0.05) is 12.1 Å². The summed E-state index contributed by atoms with van der Waals surface area (Å²) >= 11 is 0. The highest BCUT2D eigenvalue weighted by molar-refractivity contribution is 5.80. The summed E-state index contributed by atoms with van der Waals surface area (Å²) < 4.78 is 0. The summed E-state index contributed by atoms with van der Waals surface area (Å²) in [6, 6.07) is 0. The van der Waals surface area contributed by atoms with E-state index in [0.29, 0.717) is 0 Å². The lowest BCUT2D eigenvalue weighted by Gasteiger charge is -2.39. The van der Waals surface area contributed by atoms with Crippen molar-refractivity contribution >= 4 is 5.91 Å². The molecule has 0 radical (unpaired) electrons. The van der Waals surface area contributed by atoms with E-state index in [2.05, 4.69) is 17.6 Å². The lowest BCUT2D eigenvalue weighted by atomic mass is 9.78. The molecule has 1 atom stereocenters. The Hall–Kier alpha value is -0.570. The van der Waals surface area contributed by atoms with Gasteiger partial charge in [0.05, 0.1) is 5.92 Å². The van der Waals surface area contributed by atoms with Crippen LogP contribution in [-0.4, -0.2) is 24.5 Å². The molecule has 1 aliphatic carbocycles. The highest BCUT2D eigenvalue weighted by atomic mass is 16.2. The largest absolute Gasteiger partial charge is 0.351 e. The van der Waals surface area contributed by atoms with Gasteiger partial charge >= 0.3 is 0 Å². The van der Waals surface area contributed by atoms with E-state index in [1.807, 2.05) is 0 Å². The summed E-state index contributed by atoms with van der Waals surface area (Å²) in [6.45, 7) is 4.01. The van der Waals surface area contributed by atoms with Crippen LogP contribution in [0.5, 0.6) is 0 Å². The average molecular weight is 182 g/mol. The van der Waals surface area contributed by atoms with Gasteiger partial charge in [0.15, 0.2) is 0 Å². The fourth-order valence-corrected chi connectivity index (χ4v) is 2.11. The molecule has 0 aromatic carbocycles. The van der Waals surface area contributed by atoms with Gasteiger partial charge in [0.2, 0.25) is 5.91 Å². The SMILES string of the molecule is CC1(NC(=O)C2CCNC2)CCC1. The second-order valence-corrected chi connectivity index (χ2v) is 4.59. The van der Waals surface area contributed by atoms with Crippen LogP contribution >= 0.6 is 0 Å². The molecule has 3 nitrogen and oxygen atoms in total. The maximum Gasteiger partial charge on any atom is 0.224 e. The molecular formula is C10H18N2O. The number of rotatable bonds is 2. The molecule has 2 aliphatic rings. The Morgan fingerprint density at radius 3 is 2.77 bits per heavy atom. The molecule has 1 saturated heterocycles. The van der Waals surface area contributed by atoms with E-state index in [-0.39, 0.29) is 17.4 Å². The van der Waals surface area contributed by atoms with Crippen LogP contribution in [0.15, 0.2) is 0 Å². The van der Waals surface area contributed by atoms with Crippen molar-refractivity contribution in [2.45, 2.75) is 38.1 Å². The molecule has 1 heterocycles. The maximum atomic E-state index is 11.7. The third kappa shape index (κ3) is 1.85. The molecular weight excluding hydrogens is 164 g/mol. The molecule has 3 heteroatoms. The molecule has 74 valence electrons. The van der Waals surface area contributed by atoms with Crippen LogP contribution < -0.4 is 10.6 Å². The molecule has 1 saturated carbocycles. The molecule has 13 heavy (non-hydrogen) atoms. The third-order valence-electron chi connectivity index (χ3n) is 3.31. The number of carbonyl (C=O) groups excluding carboxylic acids is 1. The van der Waals surface area contributed by atoms with Crippen molar-refractivity contribution in [2.75, 3.05) is 13.1 Å². The molecule has 2 fully saturated rings. The Kier molecular flexibility index (Phi) is 2.28. The Balaban J connectivity index is 1.83. The second kappa shape index (κ2) is 3.29. The predicted octanol–water partition coefficient (Wildman–Crippen LogP) is 0.655. The first-order valence-electron chi connectivity index (χ1n) is 5.22. The summed E-state index contributed by atoms with van der Waals surface area (Å²) in [7, 11) is 0. The predicted molar refractivity (Wildman–Crippen MR) is 51.4 cm³/mol. The zero-order valence-corrected chi connectivity index (χ0v) is 8.23. The minimum Gasteiger partial charge on any atom is -0.351 e. The first-order chi connectivity index (χ1) is 6.20. The Bertz CT molecular complexity index is 205. The van der Waals surface area contributed by atoms with E-state index in [0.717, 1.165) is 32.4 Å². The monoisotopic (exact) mass is 182 g/mol. The smallest absolute Gasteiger partial charge is 0.224 e. The number of nitrogens with one attached hydrogen (secondary N) is 2. The standard InChI is InChI=1S/C10H18N2O/c1-10(4-2-5-10)12-9(13)8-3-6-11-7-8/h8,11H,2-7H2,1H3,(H,12,13). The van der Waals surface area contributed by atoms with Crippen LogP contribution in [0.2, 0.25) is 0 Å². The molecule has 1 aliphatic heterocycles. The van der Waals surface area contributed by atoms with E-state index < -0.39 is 0 Å². The van der Waals surface area contributed by atoms with E-state index >= 15 is 0 Å². The van der Waals surface area contributed by atoms with Crippen LogP contribution in [0.25, 0.3) is 0 Å². The van der Waals surface area contributed by atoms with Crippen molar-refractivity contribution < 1.29 is 4.79 Å². The summed E-state index contributed by atoms with van der Waals surface area (Å²) in [5.41, 5.74) is 0.125. The highest BCUT2D eigenvalue weighted by Crippen LogP contribution is 2.31. The van der Waals surface area contributed by atoms with Gasteiger partial charge in [-0.1, -0.05) is 0 Å². The van der Waals surface area contributed by atoms with Crippen molar-refractivity contribution in [2.24, 2.45) is 5.92 Å². The van der Waals surface area contributed by atoms with Crippen LogP contribution in [-0.2, 0) is 4.79 Å². The van der Waals surface area contributed by atoms with Crippen molar-refractivity contribution in [1.82, 2.24) is 10.6 Å². The second-order valence-electron chi connectivity index (χ2n) is 4.59. The number of hydrogen-bond donors (Lipinski definition) is 2. The maximum absolute atomic E-state index is 11.7. The Labute approximate surface area is 79.3 Å². The molecule has 0 bridgehead atoms. The quantitative estimate of drug-likeness (QED) is 0.658. The van der Waals surface area contributed by atoms with Gasteiger partial charge in [0.1, 0.15) is 0 Å². The highest BCUT2D eigenvalue weighted by Gasteiger charge is 2.35. The molecule has 2 rings (SSSR count). The minimum atomic E-state index is 0.125. The molecule has 0 aromatic heterocycles. The van der Waals surface area contributed by atoms with E-state index in [1.54, 1.807) is 0 Å². The van der Waals surface area contributed by atoms with Crippen molar-refractivity contribution in [3.63, 3.8) is 0 Å². The van der Waals surface area contributed by atoms with Gasteiger partial charge in [-0.25, -0.2) is 0 Å². The number of amides is 1.